The van der Waals surface area contributed by atoms with Crippen molar-refractivity contribution in [1.29, 1.82) is 0 Å². The van der Waals surface area contributed by atoms with Crippen LogP contribution in [0.2, 0.25) is 0 Å². The van der Waals surface area contributed by atoms with E-state index in [0.29, 0.717) is 11.3 Å². The molecule has 0 heterocycles. The summed E-state index contributed by atoms with van der Waals surface area (Å²) in [4.78, 5) is 26.9. The van der Waals surface area contributed by atoms with Crippen molar-refractivity contribution in [3.63, 3.8) is 0 Å². The summed E-state index contributed by atoms with van der Waals surface area (Å²) in [7, 11) is 1.28. The molecule has 0 saturated heterocycles. The molecule has 6 nitrogen and oxygen atoms in total. The van der Waals surface area contributed by atoms with Crippen LogP contribution in [0, 0.1) is 0 Å². The molecule has 0 radical (unpaired) electrons. The molecule has 0 unspecified atom stereocenters. The smallest absolute Gasteiger partial charge is 0.437 e. The normalized spacial score (nSPS) is 10.8. The summed E-state index contributed by atoms with van der Waals surface area (Å²) in [6.07, 6.45) is -0.825. The van der Waals surface area contributed by atoms with Gasteiger partial charge in [-0.1, -0.05) is 16.8 Å². The first-order valence-corrected chi connectivity index (χ1v) is 5.92. The highest BCUT2D eigenvalue weighted by molar-refractivity contribution is 6.69. The number of ether oxygens (including phenoxy) is 1. The van der Waals surface area contributed by atoms with Crippen LogP contribution in [0.3, 0.4) is 0 Å². The van der Waals surface area contributed by atoms with E-state index in [1.54, 1.807) is 0 Å². The third-order valence-electron chi connectivity index (χ3n) is 1.89. The second-order valence-electron chi connectivity index (χ2n) is 3.17. The second-order valence-corrected chi connectivity index (χ2v) is 3.88. The zero-order valence-electron chi connectivity index (χ0n) is 9.85. The molecule has 0 aliphatic carbocycles. The maximum Gasteiger partial charge on any atom is 0.437 e. The zero-order chi connectivity index (χ0) is 14.3. The van der Waals surface area contributed by atoms with Crippen LogP contribution in [-0.4, -0.2) is 30.2 Å². The Hall–Kier alpha value is -1.79. The monoisotopic (exact) mass is 304 g/mol. The summed E-state index contributed by atoms with van der Waals surface area (Å²) in [5.41, 5.74) is 0.791. The number of carbonyl (C=O) groups is 2. The second kappa shape index (κ2) is 7.60. The average Bonchev–Trinajstić information content (AvgIpc) is 2.44. The number of carbonyl (C=O) groups excluding carboxylic acids is 2. The van der Waals surface area contributed by atoms with E-state index < -0.39 is 12.1 Å². The highest BCUT2D eigenvalue weighted by Crippen LogP contribution is 2.10. The molecule has 1 amide bonds. The fourth-order valence-corrected chi connectivity index (χ4v) is 1.15. The molecule has 0 aliphatic rings. The Morgan fingerprint density at radius 2 is 1.95 bits per heavy atom. The number of nitrogens with one attached hydrogen (secondary N) is 1. The Morgan fingerprint density at radius 3 is 2.47 bits per heavy atom. The number of benzene rings is 1. The Morgan fingerprint density at radius 1 is 1.32 bits per heavy atom. The van der Waals surface area contributed by atoms with Crippen molar-refractivity contribution in [3.8, 4) is 0 Å². The molecule has 1 N–H and O–H groups in total. The Labute approximate surface area is 119 Å². The maximum atomic E-state index is 11.3. The molecular weight excluding hydrogens is 295 g/mol. The zero-order valence-corrected chi connectivity index (χ0v) is 11.4. The van der Waals surface area contributed by atoms with E-state index in [2.05, 4.69) is 20.0 Å². The number of amides is 1. The van der Waals surface area contributed by atoms with Crippen LogP contribution in [0.25, 0.3) is 0 Å². The molecule has 0 atom stereocenters. The van der Waals surface area contributed by atoms with Crippen LogP contribution in [-0.2, 0) is 9.57 Å². The van der Waals surface area contributed by atoms with E-state index in [1.165, 1.54) is 31.4 Å². The number of methoxy groups -OCH3 is 1. The van der Waals surface area contributed by atoms with Gasteiger partial charge >= 0.3 is 12.1 Å². The first-order chi connectivity index (χ1) is 9.06. The van der Waals surface area contributed by atoms with Crippen LogP contribution in [0.15, 0.2) is 29.4 Å². The molecule has 0 fully saturated rings. The largest absolute Gasteiger partial charge is 0.465 e. The summed E-state index contributed by atoms with van der Waals surface area (Å²) in [5, 5.41) is 5.60. The number of hydrogen-bond acceptors (Lipinski definition) is 5. The van der Waals surface area contributed by atoms with E-state index in [1.807, 2.05) is 0 Å². The van der Waals surface area contributed by atoms with Crippen molar-refractivity contribution in [2.24, 2.45) is 5.16 Å². The van der Waals surface area contributed by atoms with E-state index in [9.17, 15) is 9.59 Å². The van der Waals surface area contributed by atoms with Crippen LogP contribution < -0.4 is 5.32 Å². The summed E-state index contributed by atoms with van der Waals surface area (Å²) in [6.45, 7) is 0. The summed E-state index contributed by atoms with van der Waals surface area (Å²) >= 11 is 10.8. The SMILES string of the molecule is COC(=O)c1ccc(NC(=O)O/N=C(/Cl)CCl)cc1. The van der Waals surface area contributed by atoms with Crippen LogP contribution >= 0.6 is 23.2 Å². The number of halogens is 2. The van der Waals surface area contributed by atoms with Gasteiger partial charge in [-0.25, -0.2) is 9.59 Å². The van der Waals surface area contributed by atoms with Gasteiger partial charge in [0.2, 0.25) is 0 Å². The number of rotatable bonds is 4. The van der Waals surface area contributed by atoms with Crippen molar-refractivity contribution in [1.82, 2.24) is 0 Å². The highest BCUT2D eigenvalue weighted by Gasteiger charge is 2.07. The molecule has 0 saturated carbocycles. The molecule has 1 rings (SSSR count). The van der Waals surface area contributed by atoms with Gasteiger partial charge in [0.15, 0.2) is 5.17 Å². The van der Waals surface area contributed by atoms with Crippen LogP contribution in [0.4, 0.5) is 10.5 Å². The Bertz CT molecular complexity index is 488. The van der Waals surface area contributed by atoms with Gasteiger partial charge in [-0.05, 0) is 24.3 Å². The molecule has 1 aromatic rings. The van der Waals surface area contributed by atoms with Crippen molar-refractivity contribution >= 4 is 46.1 Å². The molecule has 0 aliphatic heterocycles. The highest BCUT2D eigenvalue weighted by atomic mass is 35.5. The van der Waals surface area contributed by atoms with Gasteiger partial charge in [-0.2, -0.15) is 0 Å². The number of anilines is 1. The molecule has 1 aromatic carbocycles. The topological polar surface area (TPSA) is 77.0 Å². The molecule has 0 bridgehead atoms. The third-order valence-corrected chi connectivity index (χ3v) is 2.48. The van der Waals surface area contributed by atoms with Gasteiger partial charge in [-0.3, -0.25) is 10.2 Å². The predicted molar refractivity (Wildman–Crippen MR) is 71.9 cm³/mol. The number of nitrogens with zero attached hydrogens (tertiary/aromatic N) is 1. The first kappa shape index (κ1) is 15.3. The Balaban J connectivity index is 2.58. The molecule has 0 spiro atoms. The maximum absolute atomic E-state index is 11.3. The molecule has 102 valence electrons. The van der Waals surface area contributed by atoms with Gasteiger partial charge < -0.3 is 4.74 Å². The van der Waals surface area contributed by atoms with Gasteiger partial charge in [0, 0.05) is 5.69 Å². The van der Waals surface area contributed by atoms with Crippen molar-refractivity contribution in [2.45, 2.75) is 0 Å². The summed E-state index contributed by atoms with van der Waals surface area (Å²) < 4.78 is 4.54. The fraction of sp³-hybridized carbons (Fsp3) is 0.182. The number of hydrogen-bond donors (Lipinski definition) is 1. The molecule has 8 heteroatoms. The van der Waals surface area contributed by atoms with Gasteiger partial charge in [0.1, 0.15) is 0 Å². The van der Waals surface area contributed by atoms with E-state index in [-0.39, 0.29) is 11.1 Å². The minimum atomic E-state index is -0.825. The lowest BCUT2D eigenvalue weighted by molar-refractivity contribution is 0.0600. The standard InChI is InChI=1S/C11H10Cl2N2O4/c1-18-10(16)7-2-4-8(5-3-7)14-11(17)19-15-9(13)6-12/h2-5H,6H2,1H3,(H,14,17)/b15-9+. The fourth-order valence-electron chi connectivity index (χ4n) is 1.06. The lowest BCUT2D eigenvalue weighted by Gasteiger charge is -2.04. The first-order valence-electron chi connectivity index (χ1n) is 5.01. The average molecular weight is 305 g/mol. The molecule has 0 aromatic heterocycles. The van der Waals surface area contributed by atoms with Gasteiger partial charge in [-0.15, -0.1) is 11.6 Å². The van der Waals surface area contributed by atoms with E-state index >= 15 is 0 Å². The predicted octanol–water partition coefficient (Wildman–Crippen LogP) is 2.81. The minimum absolute atomic E-state index is 0.0437. The van der Waals surface area contributed by atoms with Gasteiger partial charge in [0.25, 0.3) is 0 Å². The number of esters is 1. The summed E-state index contributed by atoms with van der Waals surface area (Å²) in [6, 6.07) is 6.02. The van der Waals surface area contributed by atoms with Crippen LogP contribution in [0.1, 0.15) is 10.4 Å². The molecule has 19 heavy (non-hydrogen) atoms. The summed E-state index contributed by atoms with van der Waals surface area (Å²) in [5.74, 6) is -0.518. The Kier molecular flexibility index (Phi) is 6.11. The van der Waals surface area contributed by atoms with Crippen molar-refractivity contribution in [3.05, 3.63) is 29.8 Å². The van der Waals surface area contributed by atoms with E-state index in [4.69, 9.17) is 23.2 Å². The third kappa shape index (κ3) is 5.15. The van der Waals surface area contributed by atoms with Gasteiger partial charge in [0.05, 0.1) is 18.6 Å². The minimum Gasteiger partial charge on any atom is -0.465 e. The quantitative estimate of drug-likeness (QED) is 0.305. The number of alkyl halides is 1. The molecular formula is C11H10Cl2N2O4. The van der Waals surface area contributed by atoms with Crippen LogP contribution in [0.5, 0.6) is 0 Å². The van der Waals surface area contributed by atoms with Crippen molar-refractivity contribution < 1.29 is 19.2 Å². The van der Waals surface area contributed by atoms with Crippen molar-refractivity contribution in [2.75, 3.05) is 18.3 Å². The number of oxime groups is 1. The lowest BCUT2D eigenvalue weighted by Crippen LogP contribution is -2.12. The lowest BCUT2D eigenvalue weighted by atomic mass is 10.2. The van der Waals surface area contributed by atoms with E-state index in [0.717, 1.165) is 0 Å².